The summed E-state index contributed by atoms with van der Waals surface area (Å²) >= 11 is 11.5. The number of benzene rings is 1. The summed E-state index contributed by atoms with van der Waals surface area (Å²) in [7, 11) is 0. The minimum atomic E-state index is 0.179. The van der Waals surface area contributed by atoms with E-state index in [1.165, 1.54) is 0 Å². The fourth-order valence-electron chi connectivity index (χ4n) is 1.06. The first-order valence-corrected chi connectivity index (χ1v) is 6.84. The quantitative estimate of drug-likeness (QED) is 0.355. The van der Waals surface area contributed by atoms with Gasteiger partial charge in [0.25, 0.3) is 0 Å². The Kier molecular flexibility index (Phi) is 5.87. The molecule has 0 amide bonds. The largest absolute Gasteiger partial charge is 0.506 e. The molecule has 0 unspecified atom stereocenters. The number of rotatable bonds is 3. The molecule has 0 fully saturated rings. The molecule has 1 aromatic rings. The molecule has 0 radical (unpaired) electrons. The Morgan fingerprint density at radius 1 is 1.47 bits per heavy atom. The zero-order chi connectivity index (χ0) is 12.8. The lowest BCUT2D eigenvalue weighted by Gasteiger charge is -2.01. The molecule has 0 aromatic heterocycles. The summed E-state index contributed by atoms with van der Waals surface area (Å²) in [6.45, 7) is 2.73. The molecule has 0 aliphatic rings. The van der Waals surface area contributed by atoms with Gasteiger partial charge in [0.05, 0.1) is 8.95 Å². The second-order valence-electron chi connectivity index (χ2n) is 3.11. The SMILES string of the molecule is CCNC(=S)N/[NH+]=C/c1cc(Br)c(O)c(Br)c1. The van der Waals surface area contributed by atoms with E-state index in [0.717, 1.165) is 12.1 Å². The molecule has 4 nitrogen and oxygen atoms in total. The van der Waals surface area contributed by atoms with Crippen molar-refractivity contribution in [3.8, 4) is 5.75 Å². The van der Waals surface area contributed by atoms with Gasteiger partial charge in [-0.05, 0) is 63.1 Å². The molecule has 0 spiro atoms. The van der Waals surface area contributed by atoms with Crippen molar-refractivity contribution < 1.29 is 10.2 Å². The number of hydrogen-bond donors (Lipinski definition) is 4. The summed E-state index contributed by atoms with van der Waals surface area (Å²) in [4.78, 5) is 0. The molecule has 7 heteroatoms. The zero-order valence-corrected chi connectivity index (χ0v) is 13.0. The van der Waals surface area contributed by atoms with E-state index in [9.17, 15) is 5.11 Å². The number of phenols is 1. The first-order chi connectivity index (χ1) is 8.04. The van der Waals surface area contributed by atoms with Gasteiger partial charge in [0.15, 0.2) is 6.21 Å². The van der Waals surface area contributed by atoms with E-state index < -0.39 is 0 Å². The van der Waals surface area contributed by atoms with Crippen molar-refractivity contribution in [3.05, 3.63) is 26.6 Å². The summed E-state index contributed by atoms with van der Waals surface area (Å²) in [5.41, 5.74) is 3.69. The van der Waals surface area contributed by atoms with E-state index in [-0.39, 0.29) is 5.75 Å². The van der Waals surface area contributed by atoms with Crippen LogP contribution in [-0.2, 0) is 0 Å². The number of hydrogen-bond acceptors (Lipinski definition) is 2. The number of aromatic hydroxyl groups is 1. The number of phenolic OH excluding ortho intramolecular Hbond substituents is 1. The molecule has 0 bridgehead atoms. The predicted octanol–water partition coefficient (Wildman–Crippen LogP) is 0.816. The van der Waals surface area contributed by atoms with Crippen molar-refractivity contribution in [3.63, 3.8) is 0 Å². The summed E-state index contributed by atoms with van der Waals surface area (Å²) in [6, 6.07) is 3.57. The van der Waals surface area contributed by atoms with E-state index in [1.807, 2.05) is 6.92 Å². The summed E-state index contributed by atoms with van der Waals surface area (Å²) in [6.07, 6.45) is 1.73. The lowest BCUT2D eigenvalue weighted by molar-refractivity contribution is -0.500. The van der Waals surface area contributed by atoms with Crippen LogP contribution in [0.25, 0.3) is 0 Å². The average molecular weight is 382 g/mol. The molecule has 4 N–H and O–H groups in total. The molecule has 17 heavy (non-hydrogen) atoms. The van der Waals surface area contributed by atoms with Gasteiger partial charge in [0, 0.05) is 12.1 Å². The van der Waals surface area contributed by atoms with Gasteiger partial charge in [0.2, 0.25) is 5.11 Å². The van der Waals surface area contributed by atoms with Gasteiger partial charge in [-0.25, -0.2) is 0 Å². The Bertz CT molecular complexity index is 428. The summed E-state index contributed by atoms with van der Waals surface area (Å²) < 4.78 is 1.24. The first-order valence-electron chi connectivity index (χ1n) is 4.85. The molecule has 1 aromatic carbocycles. The smallest absolute Gasteiger partial charge is 0.223 e. The molecule has 0 saturated heterocycles. The van der Waals surface area contributed by atoms with Gasteiger partial charge < -0.3 is 10.4 Å². The maximum absolute atomic E-state index is 9.54. The van der Waals surface area contributed by atoms with E-state index in [0.29, 0.717) is 14.1 Å². The number of hydrazone groups is 1. The third kappa shape index (κ3) is 4.61. The maximum atomic E-state index is 9.54. The van der Waals surface area contributed by atoms with Crippen LogP contribution in [0.4, 0.5) is 0 Å². The molecule has 1 rings (SSSR count). The number of thiocarbonyl (C=S) groups is 1. The van der Waals surface area contributed by atoms with Gasteiger partial charge in [0.1, 0.15) is 5.75 Å². The number of hydrazine groups is 1. The highest BCUT2D eigenvalue weighted by Crippen LogP contribution is 2.32. The minimum absolute atomic E-state index is 0.179. The van der Waals surface area contributed by atoms with Crippen LogP contribution in [0.3, 0.4) is 0 Å². The fraction of sp³-hybridized carbons (Fsp3) is 0.200. The van der Waals surface area contributed by atoms with Crippen LogP contribution in [0, 0.1) is 0 Å². The van der Waals surface area contributed by atoms with Crippen molar-refractivity contribution >= 4 is 55.4 Å². The van der Waals surface area contributed by atoms with Crippen molar-refractivity contribution in [2.75, 3.05) is 6.54 Å². The van der Waals surface area contributed by atoms with Crippen molar-refractivity contribution in [1.29, 1.82) is 0 Å². The third-order valence-corrected chi connectivity index (χ3v) is 3.26. The fourth-order valence-corrected chi connectivity index (χ4v) is 2.48. The van der Waals surface area contributed by atoms with Crippen molar-refractivity contribution in [2.24, 2.45) is 0 Å². The van der Waals surface area contributed by atoms with E-state index in [1.54, 1.807) is 18.3 Å². The highest BCUT2D eigenvalue weighted by Gasteiger charge is 2.05. The van der Waals surface area contributed by atoms with Crippen LogP contribution < -0.4 is 15.8 Å². The molecule has 0 atom stereocenters. The van der Waals surface area contributed by atoms with Gasteiger partial charge in [-0.15, -0.1) is 10.5 Å². The molecule has 92 valence electrons. The van der Waals surface area contributed by atoms with Crippen LogP contribution in [0.15, 0.2) is 21.1 Å². The Morgan fingerprint density at radius 3 is 2.59 bits per heavy atom. The second kappa shape index (κ2) is 6.93. The van der Waals surface area contributed by atoms with Crippen LogP contribution in [0.1, 0.15) is 12.5 Å². The Hall–Kier alpha value is -0.660. The summed E-state index contributed by atoms with van der Waals surface area (Å²) in [5, 5.41) is 15.9. The van der Waals surface area contributed by atoms with E-state index in [2.05, 4.69) is 47.7 Å². The molecule has 0 heterocycles. The normalized spacial score (nSPS) is 10.5. The van der Waals surface area contributed by atoms with Gasteiger partial charge >= 0.3 is 0 Å². The van der Waals surface area contributed by atoms with Crippen LogP contribution in [-0.4, -0.2) is 23.0 Å². The van der Waals surface area contributed by atoms with Gasteiger partial charge in [-0.1, -0.05) is 0 Å². The standard InChI is InChI=1S/C10H11Br2N3OS/c1-2-13-10(17)15-14-5-6-3-7(11)9(16)8(12)4-6/h3-5,16H,2H2,1H3,(H2,13,15,17)/p+1/b14-5+. The van der Waals surface area contributed by atoms with Crippen molar-refractivity contribution in [1.82, 2.24) is 10.7 Å². The molecule has 0 aliphatic heterocycles. The van der Waals surface area contributed by atoms with Gasteiger partial charge in [-0.3, -0.25) is 0 Å². The molecule has 0 aliphatic carbocycles. The Labute approximate surface area is 122 Å². The van der Waals surface area contributed by atoms with E-state index in [4.69, 9.17) is 12.2 Å². The predicted molar refractivity (Wildman–Crippen MR) is 79.0 cm³/mol. The molecular formula is C10H12Br2N3OS+. The topological polar surface area (TPSA) is 58.3 Å². The highest BCUT2D eigenvalue weighted by atomic mass is 79.9. The summed E-state index contributed by atoms with van der Waals surface area (Å²) in [5.74, 6) is 0.179. The Balaban J connectivity index is 2.69. The van der Waals surface area contributed by atoms with Crippen molar-refractivity contribution in [2.45, 2.75) is 6.92 Å². The highest BCUT2D eigenvalue weighted by molar-refractivity contribution is 9.11. The molecular weight excluding hydrogens is 370 g/mol. The van der Waals surface area contributed by atoms with Crippen LogP contribution >= 0.6 is 44.1 Å². The van der Waals surface area contributed by atoms with Crippen LogP contribution in [0.2, 0.25) is 0 Å². The lowest BCUT2D eigenvalue weighted by atomic mass is 10.2. The minimum Gasteiger partial charge on any atom is -0.506 e. The number of halogens is 2. The number of nitrogens with one attached hydrogen (secondary N) is 3. The zero-order valence-electron chi connectivity index (χ0n) is 9.05. The second-order valence-corrected chi connectivity index (χ2v) is 5.22. The third-order valence-electron chi connectivity index (χ3n) is 1.80. The molecule has 0 saturated carbocycles. The van der Waals surface area contributed by atoms with Crippen LogP contribution in [0.5, 0.6) is 5.75 Å². The average Bonchev–Trinajstić information content (AvgIpc) is 2.26. The maximum Gasteiger partial charge on any atom is 0.223 e. The Morgan fingerprint density at radius 2 is 2.06 bits per heavy atom. The van der Waals surface area contributed by atoms with Gasteiger partial charge in [-0.2, -0.15) is 0 Å². The lowest BCUT2D eigenvalue weighted by Crippen LogP contribution is -2.82. The first kappa shape index (κ1) is 14.4. The monoisotopic (exact) mass is 380 g/mol. The van der Waals surface area contributed by atoms with E-state index >= 15 is 0 Å².